The molecule has 2 aromatic heterocycles. The summed E-state index contributed by atoms with van der Waals surface area (Å²) in [6.07, 6.45) is 0.640. The van der Waals surface area contributed by atoms with E-state index in [-0.39, 0.29) is 30.0 Å². The highest BCUT2D eigenvalue weighted by atomic mass is 19.1. The van der Waals surface area contributed by atoms with Crippen molar-refractivity contribution >= 4 is 0 Å². The highest BCUT2D eigenvalue weighted by molar-refractivity contribution is 5.60. The fourth-order valence-corrected chi connectivity index (χ4v) is 4.25. The fourth-order valence-electron chi connectivity index (χ4n) is 4.25. The zero-order chi connectivity index (χ0) is 26.5. The Balaban J connectivity index is 1.29. The fraction of sp³-hybridized carbons (Fsp3) is 0.333. The Morgan fingerprint density at radius 3 is 2.55 bits per heavy atom. The first kappa shape index (κ1) is 25.7. The van der Waals surface area contributed by atoms with Gasteiger partial charge in [-0.05, 0) is 36.2 Å². The van der Waals surface area contributed by atoms with Gasteiger partial charge < -0.3 is 14.0 Å². The maximum Gasteiger partial charge on any atom is 0.267 e. The monoisotopic (exact) mass is 523 g/mol. The van der Waals surface area contributed by atoms with Crippen LogP contribution < -0.4 is 10.3 Å². The minimum Gasteiger partial charge on any atom is -0.488 e. The number of hydrogen-bond donors (Lipinski definition) is 0. The first-order valence-corrected chi connectivity index (χ1v) is 12.4. The van der Waals surface area contributed by atoms with Crippen LogP contribution in [0.2, 0.25) is 0 Å². The number of nitrogens with zero attached hydrogens (tertiary/aromatic N) is 5. The summed E-state index contributed by atoms with van der Waals surface area (Å²) >= 11 is 0. The normalized spacial score (nSPS) is 14.1. The third-order valence-corrected chi connectivity index (χ3v) is 6.17. The van der Waals surface area contributed by atoms with Gasteiger partial charge in [-0.3, -0.25) is 9.69 Å². The van der Waals surface area contributed by atoms with Gasteiger partial charge in [0.2, 0.25) is 11.7 Å². The lowest BCUT2D eigenvalue weighted by Crippen LogP contribution is -2.37. The summed E-state index contributed by atoms with van der Waals surface area (Å²) in [5.74, 6) is -1.19. The van der Waals surface area contributed by atoms with Crippen molar-refractivity contribution in [3.05, 3.63) is 82.0 Å². The van der Waals surface area contributed by atoms with E-state index >= 15 is 0 Å². The summed E-state index contributed by atoms with van der Waals surface area (Å²) in [6, 6.07) is 12.4. The smallest absolute Gasteiger partial charge is 0.267 e. The number of ether oxygens (including phenoxy) is 2. The maximum absolute atomic E-state index is 14.8. The largest absolute Gasteiger partial charge is 0.488 e. The molecule has 5 rings (SSSR count). The van der Waals surface area contributed by atoms with Crippen LogP contribution in [-0.2, 0) is 11.3 Å². The van der Waals surface area contributed by atoms with Gasteiger partial charge in [-0.15, -0.1) is 0 Å². The Bertz CT molecular complexity index is 1440. The molecule has 0 amide bonds. The van der Waals surface area contributed by atoms with Crippen molar-refractivity contribution in [2.45, 2.75) is 19.9 Å². The standard InChI is InChI=1S/C27H27F2N5O4/c1-18-30-27(32-38-18)20-5-2-4-19(14-20)17-34-25(35)7-6-24(31-34)21-15-22(28)26(23(29)16-21)37-11-3-8-33-9-12-36-13-10-33/h2,4-7,14-16H,3,8-13,17H2,1H3. The summed E-state index contributed by atoms with van der Waals surface area (Å²) < 4.78 is 46.6. The molecule has 3 heterocycles. The molecule has 1 aliphatic rings. The number of morpholine rings is 1. The van der Waals surface area contributed by atoms with Crippen LogP contribution in [0.15, 0.2) is 57.8 Å². The molecule has 0 spiro atoms. The molecule has 0 unspecified atom stereocenters. The molecule has 1 saturated heterocycles. The number of rotatable bonds is 9. The van der Waals surface area contributed by atoms with Gasteiger partial charge in [0.1, 0.15) is 0 Å². The Kier molecular flexibility index (Phi) is 7.85. The maximum atomic E-state index is 14.8. The molecule has 4 aromatic rings. The van der Waals surface area contributed by atoms with E-state index in [0.717, 1.165) is 42.9 Å². The van der Waals surface area contributed by atoms with Gasteiger partial charge in [0.25, 0.3) is 5.56 Å². The van der Waals surface area contributed by atoms with E-state index in [0.29, 0.717) is 31.3 Å². The van der Waals surface area contributed by atoms with Gasteiger partial charge in [0, 0.05) is 43.8 Å². The van der Waals surface area contributed by atoms with Crippen LogP contribution in [0.1, 0.15) is 17.9 Å². The molecule has 198 valence electrons. The number of hydrogen-bond acceptors (Lipinski definition) is 8. The second-order valence-corrected chi connectivity index (χ2v) is 8.98. The Hall–Kier alpha value is -3.96. The summed E-state index contributed by atoms with van der Waals surface area (Å²) in [6.45, 7) is 5.88. The summed E-state index contributed by atoms with van der Waals surface area (Å²) in [7, 11) is 0. The lowest BCUT2D eigenvalue weighted by atomic mass is 10.1. The van der Waals surface area contributed by atoms with Gasteiger partial charge in [-0.2, -0.15) is 10.1 Å². The molecule has 38 heavy (non-hydrogen) atoms. The molecule has 2 aromatic carbocycles. The van der Waals surface area contributed by atoms with E-state index < -0.39 is 17.4 Å². The van der Waals surface area contributed by atoms with Gasteiger partial charge in [-0.1, -0.05) is 23.4 Å². The molecule has 0 aliphatic carbocycles. The molecular formula is C27H27F2N5O4. The van der Waals surface area contributed by atoms with Gasteiger partial charge in [0.05, 0.1) is 32.1 Å². The second-order valence-electron chi connectivity index (χ2n) is 8.98. The minimum absolute atomic E-state index is 0.145. The average molecular weight is 524 g/mol. The number of aromatic nitrogens is 4. The molecule has 0 atom stereocenters. The lowest BCUT2D eigenvalue weighted by Gasteiger charge is -2.26. The summed E-state index contributed by atoms with van der Waals surface area (Å²) in [4.78, 5) is 18.9. The molecule has 11 heteroatoms. The Morgan fingerprint density at radius 2 is 1.82 bits per heavy atom. The summed E-state index contributed by atoms with van der Waals surface area (Å²) in [5, 5.41) is 8.26. The van der Waals surface area contributed by atoms with Crippen LogP contribution in [0.4, 0.5) is 8.78 Å². The van der Waals surface area contributed by atoms with Crippen LogP contribution in [0.25, 0.3) is 22.6 Å². The van der Waals surface area contributed by atoms with E-state index in [4.69, 9.17) is 14.0 Å². The van der Waals surface area contributed by atoms with Crippen LogP contribution >= 0.6 is 0 Å². The Morgan fingerprint density at radius 1 is 1.03 bits per heavy atom. The number of benzene rings is 2. The average Bonchev–Trinajstić information content (AvgIpc) is 3.36. The van der Waals surface area contributed by atoms with Crippen molar-refractivity contribution in [3.8, 4) is 28.4 Å². The zero-order valence-corrected chi connectivity index (χ0v) is 20.9. The quantitative estimate of drug-likeness (QED) is 0.307. The molecule has 1 aliphatic heterocycles. The summed E-state index contributed by atoms with van der Waals surface area (Å²) in [5.41, 5.74) is 1.61. The van der Waals surface area contributed by atoms with Crippen molar-refractivity contribution in [1.82, 2.24) is 24.8 Å². The van der Waals surface area contributed by atoms with Crippen LogP contribution in [0.3, 0.4) is 0 Å². The van der Waals surface area contributed by atoms with E-state index in [9.17, 15) is 13.6 Å². The molecule has 0 saturated carbocycles. The van der Waals surface area contributed by atoms with Crippen molar-refractivity contribution < 1.29 is 22.8 Å². The van der Waals surface area contributed by atoms with Crippen LogP contribution in [-0.4, -0.2) is 64.3 Å². The lowest BCUT2D eigenvalue weighted by molar-refractivity contribution is 0.0356. The molecule has 1 fully saturated rings. The Labute approximate surface area is 217 Å². The van der Waals surface area contributed by atoms with Gasteiger partial charge in [-0.25, -0.2) is 13.5 Å². The topological polar surface area (TPSA) is 95.5 Å². The van der Waals surface area contributed by atoms with E-state index in [1.807, 2.05) is 24.3 Å². The van der Waals surface area contributed by atoms with Gasteiger partial charge in [0.15, 0.2) is 17.4 Å². The van der Waals surface area contributed by atoms with Gasteiger partial charge >= 0.3 is 0 Å². The second kappa shape index (κ2) is 11.6. The molecule has 9 nitrogen and oxygen atoms in total. The highest BCUT2D eigenvalue weighted by Crippen LogP contribution is 2.28. The first-order chi connectivity index (χ1) is 18.5. The SMILES string of the molecule is Cc1nc(-c2cccc(Cn3nc(-c4cc(F)c(OCCCN5CCOCC5)c(F)c4)ccc3=O)c2)no1. The minimum atomic E-state index is -0.825. The number of aryl methyl sites for hydroxylation is 1. The van der Waals surface area contributed by atoms with E-state index in [2.05, 4.69) is 20.1 Å². The van der Waals surface area contributed by atoms with Crippen molar-refractivity contribution in [3.63, 3.8) is 0 Å². The molecule has 0 radical (unpaired) electrons. The van der Waals surface area contributed by atoms with E-state index in [1.54, 1.807) is 6.92 Å². The molecule has 0 N–H and O–H groups in total. The highest BCUT2D eigenvalue weighted by Gasteiger charge is 2.16. The van der Waals surface area contributed by atoms with E-state index in [1.165, 1.54) is 16.8 Å². The van der Waals surface area contributed by atoms with Crippen LogP contribution in [0, 0.1) is 18.6 Å². The molecule has 0 bridgehead atoms. The first-order valence-electron chi connectivity index (χ1n) is 12.4. The number of halogens is 2. The zero-order valence-electron chi connectivity index (χ0n) is 20.9. The predicted molar refractivity (Wildman–Crippen MR) is 135 cm³/mol. The van der Waals surface area contributed by atoms with Crippen molar-refractivity contribution in [2.24, 2.45) is 0 Å². The predicted octanol–water partition coefficient (Wildman–Crippen LogP) is 3.70. The third kappa shape index (κ3) is 6.12. The third-order valence-electron chi connectivity index (χ3n) is 6.17. The van der Waals surface area contributed by atoms with Crippen LogP contribution in [0.5, 0.6) is 5.75 Å². The van der Waals surface area contributed by atoms with Crippen molar-refractivity contribution in [2.75, 3.05) is 39.5 Å². The van der Waals surface area contributed by atoms with Crippen molar-refractivity contribution in [1.29, 1.82) is 0 Å². The molecular weight excluding hydrogens is 496 g/mol.